The summed E-state index contributed by atoms with van der Waals surface area (Å²) in [6.07, 6.45) is 8.01. The summed E-state index contributed by atoms with van der Waals surface area (Å²) in [7, 11) is 0. The summed E-state index contributed by atoms with van der Waals surface area (Å²) in [6, 6.07) is 16.8. The third-order valence-electron chi connectivity index (χ3n) is 5.74. The molecule has 2 aromatic carbocycles. The molecule has 5 aromatic rings. The molecule has 3 aromatic heterocycles. The Morgan fingerprint density at radius 2 is 1.82 bits per heavy atom. The topological polar surface area (TPSA) is 66.8 Å². The molecule has 0 unspecified atom stereocenters. The van der Waals surface area contributed by atoms with Crippen LogP contribution >= 0.6 is 0 Å². The number of nitrogens with one attached hydrogen (secondary N) is 1. The predicted octanol–water partition coefficient (Wildman–Crippen LogP) is 6.38. The van der Waals surface area contributed by atoms with Gasteiger partial charge >= 0.3 is 0 Å². The second-order valence-electron chi connectivity index (χ2n) is 8.18. The second-order valence-corrected chi connectivity index (χ2v) is 8.18. The molecule has 0 atom stereocenters. The number of imidazole rings is 1. The summed E-state index contributed by atoms with van der Waals surface area (Å²) >= 11 is 0. The Morgan fingerprint density at radius 1 is 0.941 bits per heavy atom. The van der Waals surface area contributed by atoms with Gasteiger partial charge in [0.05, 0.1) is 17.2 Å². The Bertz CT molecular complexity index is 1490. The lowest BCUT2D eigenvalue weighted by atomic mass is 9.97. The average molecular weight is 450 g/mol. The largest absolute Gasteiger partial charge is 0.335 e. The van der Waals surface area contributed by atoms with Crippen molar-refractivity contribution in [3.05, 3.63) is 102 Å². The van der Waals surface area contributed by atoms with E-state index < -0.39 is 0 Å². The molecule has 1 N–H and O–H groups in total. The first-order chi connectivity index (χ1) is 16.6. The van der Waals surface area contributed by atoms with Crippen molar-refractivity contribution in [2.45, 2.75) is 20.3 Å². The minimum Gasteiger partial charge on any atom is -0.335 e. The Morgan fingerprint density at radius 3 is 2.62 bits per heavy atom. The molecule has 0 spiro atoms. The van der Waals surface area contributed by atoms with Gasteiger partial charge in [0.2, 0.25) is 0 Å². The number of rotatable bonds is 6. The Balaban J connectivity index is 1.66. The van der Waals surface area contributed by atoms with Gasteiger partial charge in [0.1, 0.15) is 11.5 Å². The average Bonchev–Trinajstić information content (AvgIpc) is 3.30. The van der Waals surface area contributed by atoms with Gasteiger partial charge < -0.3 is 4.98 Å². The van der Waals surface area contributed by atoms with Gasteiger partial charge in [0, 0.05) is 41.8 Å². The predicted molar refractivity (Wildman–Crippen MR) is 134 cm³/mol. The first-order valence-corrected chi connectivity index (χ1v) is 11.3. The molecule has 0 radical (unpaired) electrons. The lowest BCUT2D eigenvalue weighted by Crippen LogP contribution is -2.09. The van der Waals surface area contributed by atoms with E-state index in [1.165, 1.54) is 12.1 Å². The van der Waals surface area contributed by atoms with Crippen molar-refractivity contribution in [2.75, 3.05) is 6.54 Å². The van der Waals surface area contributed by atoms with Crippen LogP contribution in [0.25, 0.3) is 33.3 Å². The van der Waals surface area contributed by atoms with E-state index in [0.717, 1.165) is 56.5 Å². The van der Waals surface area contributed by atoms with Gasteiger partial charge in [-0.3, -0.25) is 15.0 Å². The van der Waals surface area contributed by atoms with Gasteiger partial charge in [-0.2, -0.15) is 0 Å². The quantitative estimate of drug-likeness (QED) is 0.306. The molecule has 0 fully saturated rings. The van der Waals surface area contributed by atoms with Crippen molar-refractivity contribution in [3.8, 4) is 22.3 Å². The molecular weight excluding hydrogens is 425 g/mol. The fraction of sp³-hybridized carbons (Fsp3) is 0.143. The van der Waals surface area contributed by atoms with Gasteiger partial charge in [-0.05, 0) is 54.3 Å². The standard InChI is InChI=1S/C28H24FN5/c1-3-11-32-27(23-14-19(10-9-18(23)2)21-7-5-12-30-15-21)28-33-25-17-31-16-24(26(25)34-28)20-6-4-8-22(29)13-20/h4-10,12-17H,3,11H2,1-2H3,(H,33,34). The number of aryl methyl sites for hydroxylation is 1. The number of hydrogen-bond donors (Lipinski definition) is 1. The smallest absolute Gasteiger partial charge is 0.157 e. The van der Waals surface area contributed by atoms with Crippen LogP contribution in [-0.4, -0.2) is 32.2 Å². The summed E-state index contributed by atoms with van der Waals surface area (Å²) in [4.78, 5) is 21.9. The second kappa shape index (κ2) is 9.35. The van der Waals surface area contributed by atoms with Crippen LogP contribution in [0.3, 0.4) is 0 Å². The molecule has 5 nitrogen and oxygen atoms in total. The lowest BCUT2D eigenvalue weighted by Gasteiger charge is -2.11. The molecular formula is C28H24FN5. The van der Waals surface area contributed by atoms with Gasteiger partial charge in [0.25, 0.3) is 0 Å². The first-order valence-electron chi connectivity index (χ1n) is 11.3. The van der Waals surface area contributed by atoms with Crippen LogP contribution in [0.2, 0.25) is 0 Å². The fourth-order valence-corrected chi connectivity index (χ4v) is 4.01. The van der Waals surface area contributed by atoms with E-state index in [0.29, 0.717) is 12.4 Å². The molecule has 6 heteroatoms. The van der Waals surface area contributed by atoms with Crippen molar-refractivity contribution in [1.82, 2.24) is 19.9 Å². The number of hydrogen-bond acceptors (Lipinski definition) is 4. The van der Waals surface area contributed by atoms with Gasteiger partial charge in [-0.25, -0.2) is 9.37 Å². The van der Waals surface area contributed by atoms with E-state index in [1.54, 1.807) is 24.7 Å². The molecule has 0 saturated heterocycles. The van der Waals surface area contributed by atoms with Crippen LogP contribution in [-0.2, 0) is 0 Å². The third kappa shape index (κ3) is 4.22. The number of aromatic nitrogens is 4. The molecule has 0 amide bonds. The van der Waals surface area contributed by atoms with Crippen LogP contribution in [0.15, 0.2) is 84.4 Å². The number of benzene rings is 2. The highest BCUT2D eigenvalue weighted by atomic mass is 19.1. The molecule has 168 valence electrons. The maximum Gasteiger partial charge on any atom is 0.157 e. The van der Waals surface area contributed by atoms with Crippen LogP contribution in [0, 0.1) is 12.7 Å². The Labute approximate surface area is 197 Å². The highest BCUT2D eigenvalue weighted by Crippen LogP contribution is 2.29. The van der Waals surface area contributed by atoms with Crippen molar-refractivity contribution in [2.24, 2.45) is 4.99 Å². The number of aliphatic imine (C=N–C) groups is 1. The highest BCUT2D eigenvalue weighted by Gasteiger charge is 2.17. The molecule has 5 rings (SSSR count). The SMILES string of the molecule is CCCN=C(c1nc2c(-c3cccc(F)c3)cncc2[nH]1)c1cc(-c2cccnc2)ccc1C. The number of nitrogens with zero attached hydrogens (tertiary/aromatic N) is 4. The third-order valence-corrected chi connectivity index (χ3v) is 5.74. The van der Waals surface area contributed by atoms with E-state index in [2.05, 4.69) is 47.0 Å². The molecule has 0 aliphatic carbocycles. The molecule has 0 aliphatic rings. The fourth-order valence-electron chi connectivity index (χ4n) is 4.01. The van der Waals surface area contributed by atoms with E-state index in [9.17, 15) is 4.39 Å². The number of halogens is 1. The van der Waals surface area contributed by atoms with E-state index in [4.69, 9.17) is 9.98 Å². The van der Waals surface area contributed by atoms with E-state index >= 15 is 0 Å². The van der Waals surface area contributed by atoms with Crippen molar-refractivity contribution in [3.63, 3.8) is 0 Å². The van der Waals surface area contributed by atoms with Gasteiger partial charge in [0.15, 0.2) is 5.82 Å². The zero-order valence-corrected chi connectivity index (χ0v) is 19.1. The van der Waals surface area contributed by atoms with Crippen molar-refractivity contribution >= 4 is 16.7 Å². The number of pyridine rings is 2. The molecule has 0 bridgehead atoms. The number of H-pyrrole nitrogens is 1. The van der Waals surface area contributed by atoms with Crippen LogP contribution in [0.5, 0.6) is 0 Å². The van der Waals surface area contributed by atoms with E-state index in [-0.39, 0.29) is 5.82 Å². The lowest BCUT2D eigenvalue weighted by molar-refractivity contribution is 0.628. The zero-order chi connectivity index (χ0) is 23.5. The summed E-state index contributed by atoms with van der Waals surface area (Å²) in [5, 5.41) is 0. The normalized spacial score (nSPS) is 11.8. The maximum atomic E-state index is 13.9. The Hall–Kier alpha value is -4.19. The van der Waals surface area contributed by atoms with Crippen molar-refractivity contribution in [1.29, 1.82) is 0 Å². The number of aromatic amines is 1. The summed E-state index contributed by atoms with van der Waals surface area (Å²) in [5.74, 6) is 0.374. The number of fused-ring (bicyclic) bond motifs is 1. The monoisotopic (exact) mass is 449 g/mol. The van der Waals surface area contributed by atoms with Gasteiger partial charge in [-0.1, -0.05) is 37.3 Å². The van der Waals surface area contributed by atoms with Crippen LogP contribution < -0.4 is 0 Å². The van der Waals surface area contributed by atoms with Crippen LogP contribution in [0.4, 0.5) is 4.39 Å². The maximum absolute atomic E-state index is 13.9. The van der Waals surface area contributed by atoms with Crippen molar-refractivity contribution < 1.29 is 4.39 Å². The minimum absolute atomic E-state index is 0.293. The minimum atomic E-state index is -0.293. The summed E-state index contributed by atoms with van der Waals surface area (Å²) < 4.78 is 13.9. The summed E-state index contributed by atoms with van der Waals surface area (Å²) in [5.41, 5.74) is 8.04. The van der Waals surface area contributed by atoms with E-state index in [1.807, 2.05) is 24.4 Å². The molecule has 34 heavy (non-hydrogen) atoms. The molecule has 3 heterocycles. The molecule has 0 saturated carbocycles. The molecule has 0 aliphatic heterocycles. The highest BCUT2D eigenvalue weighted by molar-refractivity contribution is 6.13. The first kappa shape index (κ1) is 21.6. The Kier molecular flexibility index (Phi) is 5.95. The van der Waals surface area contributed by atoms with Crippen LogP contribution in [0.1, 0.15) is 30.3 Å². The zero-order valence-electron chi connectivity index (χ0n) is 19.1. The summed E-state index contributed by atoms with van der Waals surface area (Å²) in [6.45, 7) is 4.86. The van der Waals surface area contributed by atoms with Gasteiger partial charge in [-0.15, -0.1) is 0 Å².